The fourth-order valence-corrected chi connectivity index (χ4v) is 10.6. The largest absolute Gasteiger partial charge is 0.393 e. The fourth-order valence-electron chi connectivity index (χ4n) is 10.6. The summed E-state index contributed by atoms with van der Waals surface area (Å²) in [7, 11) is 0. The smallest absolute Gasteiger partial charge is 0.159 e. The van der Waals surface area contributed by atoms with Crippen LogP contribution in [0.1, 0.15) is 85.5 Å². The van der Waals surface area contributed by atoms with Crippen molar-refractivity contribution in [2.75, 3.05) is 6.61 Å². The van der Waals surface area contributed by atoms with Crippen molar-refractivity contribution < 1.29 is 30.0 Å². The van der Waals surface area contributed by atoms with Gasteiger partial charge in [-0.1, -0.05) is 27.2 Å². The van der Waals surface area contributed by atoms with Gasteiger partial charge in [-0.2, -0.15) is 0 Å². The Morgan fingerprint density at radius 1 is 1.17 bits per heavy atom. The topological polar surface area (TPSA) is 107 Å². The lowest BCUT2D eigenvalue weighted by molar-refractivity contribution is -0.214. The van der Waals surface area contributed by atoms with E-state index in [1.807, 2.05) is 0 Å². The van der Waals surface area contributed by atoms with Crippen LogP contribution in [-0.2, 0) is 9.53 Å². The predicted molar refractivity (Wildman–Crippen MR) is 135 cm³/mol. The first kappa shape index (κ1) is 25.5. The maximum atomic E-state index is 13.5. The standard InChI is InChI=1S/C30H46O6/c1-16-15-36-25(17(16)2)26(33)28(4,34)23-8-11-30(35)21-13-22(32)20-12-19(31)7-10-27(20,3)24(21)18-6-5-9-29(23,30)14-18/h13,16-20,23-26,31,33-35H,5-12,14-15H2,1-4H3. The van der Waals surface area contributed by atoms with Crippen LogP contribution in [0.25, 0.3) is 0 Å². The molecule has 4 saturated carbocycles. The number of carbonyl (C=O) groups is 1. The number of ether oxygens (including phenoxy) is 1. The van der Waals surface area contributed by atoms with E-state index in [1.165, 1.54) is 0 Å². The molecular weight excluding hydrogens is 456 g/mol. The summed E-state index contributed by atoms with van der Waals surface area (Å²) < 4.78 is 5.98. The van der Waals surface area contributed by atoms with E-state index in [9.17, 15) is 25.2 Å². The summed E-state index contributed by atoms with van der Waals surface area (Å²) in [6, 6.07) is 0. The molecule has 0 aromatic carbocycles. The van der Waals surface area contributed by atoms with Gasteiger partial charge in [-0.15, -0.1) is 0 Å². The minimum Gasteiger partial charge on any atom is -0.393 e. The SMILES string of the molecule is CC1COC(C(O)C(C)(O)C2CCC3(O)C4=CC(=O)C5CC(O)CCC5(C)C4C4CCCC23C4)C1C. The van der Waals surface area contributed by atoms with Crippen molar-refractivity contribution in [3.05, 3.63) is 11.6 Å². The fraction of sp³-hybridized carbons (Fsp3) is 0.900. The Morgan fingerprint density at radius 2 is 1.92 bits per heavy atom. The van der Waals surface area contributed by atoms with Gasteiger partial charge in [0.2, 0.25) is 0 Å². The number of hydrogen-bond acceptors (Lipinski definition) is 6. The van der Waals surface area contributed by atoms with Gasteiger partial charge in [-0.05, 0) is 105 Å². The Balaban J connectivity index is 1.40. The molecule has 1 saturated heterocycles. The number of fused-ring (bicyclic) bond motifs is 6. The Kier molecular flexibility index (Phi) is 5.74. The highest BCUT2D eigenvalue weighted by Gasteiger charge is 2.73. The normalized spacial score (nSPS) is 54.7. The second kappa shape index (κ2) is 8.11. The molecule has 5 aliphatic carbocycles. The van der Waals surface area contributed by atoms with Gasteiger partial charge in [0.1, 0.15) is 6.10 Å². The zero-order chi connectivity index (χ0) is 25.8. The van der Waals surface area contributed by atoms with Crippen LogP contribution in [0, 0.1) is 46.3 Å². The molecule has 1 heterocycles. The molecule has 0 amide bonds. The van der Waals surface area contributed by atoms with Crippen molar-refractivity contribution in [1.82, 2.24) is 0 Å². The molecule has 6 rings (SSSR count). The van der Waals surface area contributed by atoms with E-state index in [1.54, 1.807) is 13.0 Å². The second-order valence-electron chi connectivity index (χ2n) is 14.2. The second-order valence-corrected chi connectivity index (χ2v) is 14.2. The summed E-state index contributed by atoms with van der Waals surface area (Å²) in [5.74, 6) is 0.568. The zero-order valence-electron chi connectivity index (χ0n) is 22.4. The van der Waals surface area contributed by atoms with Crippen LogP contribution in [0.2, 0.25) is 0 Å². The maximum Gasteiger partial charge on any atom is 0.159 e. The molecule has 1 spiro atoms. The first-order chi connectivity index (χ1) is 16.9. The highest BCUT2D eigenvalue weighted by molar-refractivity contribution is 5.95. The zero-order valence-corrected chi connectivity index (χ0v) is 22.4. The van der Waals surface area contributed by atoms with Crippen molar-refractivity contribution in [2.45, 2.75) is 115 Å². The van der Waals surface area contributed by atoms with Crippen molar-refractivity contribution in [3.63, 3.8) is 0 Å². The van der Waals surface area contributed by atoms with E-state index < -0.39 is 34.9 Å². The molecule has 13 unspecified atom stereocenters. The minimum absolute atomic E-state index is 0.0588. The minimum atomic E-state index is -1.40. The van der Waals surface area contributed by atoms with E-state index in [0.717, 1.165) is 37.7 Å². The molecule has 13 atom stereocenters. The summed E-state index contributed by atoms with van der Waals surface area (Å²) in [6.07, 6.45) is 6.77. The van der Waals surface area contributed by atoms with Gasteiger partial charge in [0, 0.05) is 17.9 Å². The van der Waals surface area contributed by atoms with Crippen LogP contribution in [-0.4, -0.2) is 62.3 Å². The third kappa shape index (κ3) is 3.11. The highest BCUT2D eigenvalue weighted by Crippen LogP contribution is 2.73. The third-order valence-electron chi connectivity index (χ3n) is 12.6. The van der Waals surface area contributed by atoms with Crippen LogP contribution < -0.4 is 0 Å². The van der Waals surface area contributed by atoms with Crippen molar-refractivity contribution >= 4 is 5.78 Å². The van der Waals surface area contributed by atoms with E-state index in [4.69, 9.17) is 4.74 Å². The summed E-state index contributed by atoms with van der Waals surface area (Å²) in [5, 5.41) is 46.6. The molecule has 2 bridgehead atoms. The van der Waals surface area contributed by atoms with Gasteiger partial charge in [0.15, 0.2) is 5.78 Å². The number of allylic oxidation sites excluding steroid dienone is 1. The molecule has 5 fully saturated rings. The number of hydrogen-bond donors (Lipinski definition) is 4. The summed E-state index contributed by atoms with van der Waals surface area (Å²) >= 11 is 0. The van der Waals surface area contributed by atoms with Gasteiger partial charge in [0.05, 0.1) is 23.4 Å². The molecule has 0 aromatic heterocycles. The van der Waals surface area contributed by atoms with Crippen molar-refractivity contribution in [2.24, 2.45) is 46.3 Å². The predicted octanol–water partition coefficient (Wildman–Crippen LogP) is 3.39. The van der Waals surface area contributed by atoms with Crippen LogP contribution in [0.3, 0.4) is 0 Å². The molecule has 202 valence electrons. The average Bonchev–Trinajstić information content (AvgIpc) is 3.31. The van der Waals surface area contributed by atoms with E-state index >= 15 is 0 Å². The summed E-state index contributed by atoms with van der Waals surface area (Å²) in [5.41, 5.74) is -2.42. The lowest BCUT2D eigenvalue weighted by Gasteiger charge is -2.65. The van der Waals surface area contributed by atoms with Gasteiger partial charge in [-0.25, -0.2) is 0 Å². The third-order valence-corrected chi connectivity index (χ3v) is 12.6. The monoisotopic (exact) mass is 502 g/mol. The summed E-state index contributed by atoms with van der Waals surface area (Å²) in [6.45, 7) is 8.79. The number of carbonyl (C=O) groups excluding carboxylic acids is 1. The van der Waals surface area contributed by atoms with Crippen LogP contribution >= 0.6 is 0 Å². The van der Waals surface area contributed by atoms with E-state index in [-0.39, 0.29) is 34.9 Å². The molecule has 6 aliphatic rings. The maximum absolute atomic E-state index is 13.5. The van der Waals surface area contributed by atoms with Gasteiger partial charge >= 0.3 is 0 Å². The Bertz CT molecular complexity index is 959. The number of aliphatic hydroxyl groups is 4. The molecule has 0 radical (unpaired) electrons. The highest BCUT2D eigenvalue weighted by atomic mass is 16.5. The molecule has 6 heteroatoms. The average molecular weight is 503 g/mol. The molecule has 4 N–H and O–H groups in total. The van der Waals surface area contributed by atoms with Gasteiger partial charge < -0.3 is 25.2 Å². The van der Waals surface area contributed by atoms with Crippen LogP contribution in [0.5, 0.6) is 0 Å². The quantitative estimate of drug-likeness (QED) is 0.471. The number of aliphatic hydroxyl groups excluding tert-OH is 2. The lowest BCUT2D eigenvalue weighted by Crippen LogP contribution is -2.66. The molecule has 0 aromatic rings. The van der Waals surface area contributed by atoms with E-state index in [2.05, 4.69) is 20.8 Å². The first-order valence-corrected chi connectivity index (χ1v) is 14.6. The molecule has 6 nitrogen and oxygen atoms in total. The van der Waals surface area contributed by atoms with Crippen LogP contribution in [0.4, 0.5) is 0 Å². The molecular formula is C30H46O6. The summed E-state index contributed by atoms with van der Waals surface area (Å²) in [4.78, 5) is 13.5. The Labute approximate surface area is 215 Å². The molecule has 1 aliphatic heterocycles. The van der Waals surface area contributed by atoms with Crippen LogP contribution in [0.15, 0.2) is 11.6 Å². The first-order valence-electron chi connectivity index (χ1n) is 14.6. The van der Waals surface area contributed by atoms with Crippen molar-refractivity contribution in [1.29, 1.82) is 0 Å². The van der Waals surface area contributed by atoms with Crippen molar-refractivity contribution in [3.8, 4) is 0 Å². The number of rotatable bonds is 3. The molecule has 36 heavy (non-hydrogen) atoms. The lowest BCUT2D eigenvalue weighted by atomic mass is 9.40. The Hall–Kier alpha value is -0.790. The van der Waals surface area contributed by atoms with Gasteiger partial charge in [0.25, 0.3) is 0 Å². The van der Waals surface area contributed by atoms with Gasteiger partial charge in [-0.3, -0.25) is 4.79 Å². The number of ketones is 1. The van der Waals surface area contributed by atoms with E-state index in [0.29, 0.717) is 44.1 Å². The Morgan fingerprint density at radius 3 is 2.61 bits per heavy atom.